The maximum absolute atomic E-state index is 9.21. The van der Waals surface area contributed by atoms with Gasteiger partial charge in [-0.25, -0.2) is 0 Å². The van der Waals surface area contributed by atoms with Crippen molar-refractivity contribution in [2.24, 2.45) is 22.4 Å². The standard InChI is InChI=1S/C15H21N3S/c1-3-14(4-2)11-7-8-12(10-11)15(14,17-18-16)13-6-5-9-19-13/h5-6,9,11-12H,3-4,7-8,10H2,1-2H3/t11-,12+,15?/m0/s1. The van der Waals surface area contributed by atoms with Gasteiger partial charge < -0.3 is 0 Å². The lowest BCUT2D eigenvalue weighted by Gasteiger charge is -2.50. The van der Waals surface area contributed by atoms with Crippen LogP contribution < -0.4 is 0 Å². The molecule has 0 aliphatic heterocycles. The van der Waals surface area contributed by atoms with Gasteiger partial charge in [-0.1, -0.05) is 25.0 Å². The van der Waals surface area contributed by atoms with Crippen LogP contribution in [0.4, 0.5) is 0 Å². The van der Waals surface area contributed by atoms with E-state index in [1.165, 1.54) is 24.1 Å². The van der Waals surface area contributed by atoms with Gasteiger partial charge in [0, 0.05) is 9.79 Å². The molecule has 2 aliphatic rings. The molecule has 0 saturated heterocycles. The van der Waals surface area contributed by atoms with Crippen LogP contribution in [0, 0.1) is 17.3 Å². The Morgan fingerprint density at radius 2 is 2.11 bits per heavy atom. The van der Waals surface area contributed by atoms with E-state index >= 15 is 0 Å². The van der Waals surface area contributed by atoms with Crippen LogP contribution in [-0.2, 0) is 5.54 Å². The monoisotopic (exact) mass is 275 g/mol. The Hall–Kier alpha value is -0.990. The van der Waals surface area contributed by atoms with Crippen LogP contribution in [0.3, 0.4) is 0 Å². The van der Waals surface area contributed by atoms with Gasteiger partial charge in [0.2, 0.25) is 0 Å². The molecule has 1 aromatic rings. The first kappa shape index (κ1) is 13.0. The minimum Gasteiger partial charge on any atom is -0.148 e. The van der Waals surface area contributed by atoms with Crippen LogP contribution in [-0.4, -0.2) is 0 Å². The fourth-order valence-electron chi connectivity index (χ4n) is 5.19. The van der Waals surface area contributed by atoms with Crippen LogP contribution in [0.5, 0.6) is 0 Å². The summed E-state index contributed by atoms with van der Waals surface area (Å²) < 4.78 is 0. The summed E-state index contributed by atoms with van der Waals surface area (Å²) in [6.07, 6.45) is 6.02. The van der Waals surface area contributed by atoms with E-state index in [1.807, 2.05) is 0 Å². The summed E-state index contributed by atoms with van der Waals surface area (Å²) in [5.74, 6) is 1.28. The third-order valence-electron chi connectivity index (χ3n) is 5.93. The van der Waals surface area contributed by atoms with Crippen LogP contribution in [0.25, 0.3) is 10.4 Å². The highest BCUT2D eigenvalue weighted by Gasteiger charge is 2.66. The van der Waals surface area contributed by atoms with Crippen molar-refractivity contribution in [1.29, 1.82) is 0 Å². The van der Waals surface area contributed by atoms with Crippen molar-refractivity contribution in [1.82, 2.24) is 0 Å². The molecule has 3 rings (SSSR count). The fraction of sp³-hybridized carbons (Fsp3) is 0.733. The Morgan fingerprint density at radius 3 is 2.68 bits per heavy atom. The highest BCUT2D eigenvalue weighted by molar-refractivity contribution is 7.10. The van der Waals surface area contributed by atoms with E-state index in [9.17, 15) is 5.53 Å². The predicted molar refractivity (Wildman–Crippen MR) is 79.0 cm³/mol. The largest absolute Gasteiger partial charge is 0.148 e. The smallest absolute Gasteiger partial charge is 0.0917 e. The molecule has 0 amide bonds. The van der Waals surface area contributed by atoms with Crippen molar-refractivity contribution in [2.45, 2.75) is 51.5 Å². The predicted octanol–water partition coefficient (Wildman–Crippen LogP) is 5.49. The Labute approximate surface area is 118 Å². The molecule has 0 radical (unpaired) electrons. The Morgan fingerprint density at radius 1 is 1.37 bits per heavy atom. The first-order chi connectivity index (χ1) is 9.25. The number of nitrogens with zero attached hydrogens (tertiary/aromatic N) is 3. The van der Waals surface area contributed by atoms with Crippen molar-refractivity contribution in [2.75, 3.05) is 0 Å². The molecular weight excluding hydrogens is 254 g/mol. The summed E-state index contributed by atoms with van der Waals surface area (Å²) in [5, 5.41) is 6.58. The molecule has 4 heteroatoms. The van der Waals surface area contributed by atoms with E-state index in [-0.39, 0.29) is 11.0 Å². The minimum atomic E-state index is -0.275. The quantitative estimate of drug-likeness (QED) is 0.396. The third-order valence-corrected chi connectivity index (χ3v) is 6.92. The molecule has 2 bridgehead atoms. The van der Waals surface area contributed by atoms with E-state index in [1.54, 1.807) is 11.3 Å². The third kappa shape index (κ3) is 1.42. The van der Waals surface area contributed by atoms with E-state index < -0.39 is 0 Å². The van der Waals surface area contributed by atoms with Gasteiger partial charge in [0.1, 0.15) is 0 Å². The fourth-order valence-corrected chi connectivity index (χ4v) is 6.24. The zero-order valence-electron chi connectivity index (χ0n) is 11.7. The van der Waals surface area contributed by atoms with Crippen molar-refractivity contribution in [3.63, 3.8) is 0 Å². The molecule has 1 aromatic heterocycles. The molecule has 0 aromatic carbocycles. The van der Waals surface area contributed by atoms with Gasteiger partial charge in [-0.05, 0) is 66.3 Å². The second kappa shape index (κ2) is 4.53. The summed E-state index contributed by atoms with van der Waals surface area (Å²) in [7, 11) is 0. The molecule has 2 saturated carbocycles. The molecule has 2 aliphatic carbocycles. The van der Waals surface area contributed by atoms with E-state index in [0.29, 0.717) is 5.92 Å². The molecular formula is C15H21N3S. The summed E-state index contributed by atoms with van der Waals surface area (Å²) in [6.45, 7) is 4.55. The average molecular weight is 275 g/mol. The number of hydrogen-bond acceptors (Lipinski definition) is 2. The highest BCUT2D eigenvalue weighted by atomic mass is 32.1. The van der Waals surface area contributed by atoms with E-state index in [2.05, 4.69) is 41.4 Å². The number of hydrogen-bond donors (Lipinski definition) is 0. The minimum absolute atomic E-state index is 0.174. The second-order valence-corrected chi connectivity index (χ2v) is 6.95. The van der Waals surface area contributed by atoms with Gasteiger partial charge in [-0.15, -0.1) is 11.3 Å². The lowest BCUT2D eigenvalue weighted by Crippen LogP contribution is -2.47. The zero-order chi connectivity index (χ0) is 13.5. The normalized spacial score (nSPS) is 35.3. The Balaban J connectivity index is 2.24. The van der Waals surface area contributed by atoms with Crippen LogP contribution in [0.2, 0.25) is 0 Å². The van der Waals surface area contributed by atoms with Gasteiger partial charge in [0.05, 0.1) is 5.54 Å². The van der Waals surface area contributed by atoms with E-state index in [0.717, 1.165) is 18.8 Å². The molecule has 0 N–H and O–H groups in total. The second-order valence-electron chi connectivity index (χ2n) is 6.00. The van der Waals surface area contributed by atoms with Gasteiger partial charge in [-0.2, -0.15) is 0 Å². The van der Waals surface area contributed by atoms with Gasteiger partial charge >= 0.3 is 0 Å². The lowest BCUT2D eigenvalue weighted by atomic mass is 9.58. The SMILES string of the molecule is CCC1(CC)[C@H]2CC[C@H](C2)C1(N=[N+]=[N-])c1cccs1. The Bertz CT molecular complexity index is 499. The topological polar surface area (TPSA) is 48.8 Å². The molecule has 3 atom stereocenters. The van der Waals surface area contributed by atoms with Crippen LogP contribution in [0.1, 0.15) is 50.8 Å². The van der Waals surface area contributed by atoms with Crippen molar-refractivity contribution < 1.29 is 0 Å². The first-order valence-electron chi connectivity index (χ1n) is 7.35. The van der Waals surface area contributed by atoms with Crippen molar-refractivity contribution in [3.8, 4) is 0 Å². The van der Waals surface area contributed by atoms with Crippen LogP contribution in [0.15, 0.2) is 22.6 Å². The van der Waals surface area contributed by atoms with Gasteiger partial charge in [-0.3, -0.25) is 0 Å². The van der Waals surface area contributed by atoms with Gasteiger partial charge in [0.15, 0.2) is 0 Å². The molecule has 1 heterocycles. The molecule has 1 unspecified atom stereocenters. The summed E-state index contributed by atoms with van der Waals surface area (Å²) in [4.78, 5) is 4.58. The maximum Gasteiger partial charge on any atom is 0.0917 e. The lowest BCUT2D eigenvalue weighted by molar-refractivity contribution is 0.0384. The van der Waals surface area contributed by atoms with Crippen LogP contribution >= 0.6 is 11.3 Å². The number of fused-ring (bicyclic) bond motifs is 2. The van der Waals surface area contributed by atoms with Crippen molar-refractivity contribution >= 4 is 11.3 Å². The molecule has 2 fully saturated rings. The molecule has 0 spiro atoms. The van der Waals surface area contributed by atoms with E-state index in [4.69, 9.17) is 0 Å². The van der Waals surface area contributed by atoms with Gasteiger partial charge in [0.25, 0.3) is 0 Å². The summed E-state index contributed by atoms with van der Waals surface area (Å²) in [6, 6.07) is 4.27. The summed E-state index contributed by atoms with van der Waals surface area (Å²) >= 11 is 1.77. The first-order valence-corrected chi connectivity index (χ1v) is 8.23. The molecule has 3 nitrogen and oxygen atoms in total. The number of thiophene rings is 1. The maximum atomic E-state index is 9.21. The molecule has 19 heavy (non-hydrogen) atoms. The van der Waals surface area contributed by atoms with Crippen molar-refractivity contribution in [3.05, 3.63) is 32.8 Å². The zero-order valence-corrected chi connectivity index (χ0v) is 12.5. The Kier molecular flexibility index (Phi) is 3.11. The highest BCUT2D eigenvalue weighted by Crippen LogP contribution is 2.70. The molecule has 102 valence electrons. The number of rotatable bonds is 4. The summed E-state index contributed by atoms with van der Waals surface area (Å²) in [5.41, 5.74) is 9.10. The average Bonchev–Trinajstić information content (AvgIpc) is 3.15. The number of azide groups is 1.